The number of hydrogen-bond acceptors (Lipinski definition) is 6. The third-order valence-electron chi connectivity index (χ3n) is 4.22. The number of aromatic nitrogens is 2. The second-order valence-electron chi connectivity index (χ2n) is 6.05. The number of nitrogens with zero attached hydrogens (tertiary/aromatic N) is 3. The lowest BCUT2D eigenvalue weighted by molar-refractivity contribution is 0.219. The van der Waals surface area contributed by atoms with Crippen LogP contribution < -0.4 is 4.74 Å². The first-order valence-corrected chi connectivity index (χ1v) is 9.12. The summed E-state index contributed by atoms with van der Waals surface area (Å²) in [7, 11) is 0. The summed E-state index contributed by atoms with van der Waals surface area (Å²) >= 11 is 1.64. The molecule has 0 spiro atoms. The molecule has 128 valence electrons. The molecule has 6 heteroatoms. The van der Waals surface area contributed by atoms with Crippen LogP contribution in [0.5, 0.6) is 5.75 Å². The van der Waals surface area contributed by atoms with Crippen LogP contribution in [-0.2, 0) is 19.7 Å². The molecule has 4 rings (SSSR count). The van der Waals surface area contributed by atoms with Crippen LogP contribution >= 0.6 is 11.3 Å². The Hall–Kier alpha value is -2.28. The fourth-order valence-corrected chi connectivity index (χ4v) is 3.63. The van der Waals surface area contributed by atoms with Crippen LogP contribution in [0, 0.1) is 0 Å². The smallest absolute Gasteiger partial charge is 0.169 e. The van der Waals surface area contributed by atoms with Crippen molar-refractivity contribution in [3.8, 4) is 16.5 Å². The molecule has 0 unspecified atom stereocenters. The van der Waals surface area contributed by atoms with Gasteiger partial charge in [0.05, 0.1) is 11.5 Å². The molecule has 25 heavy (non-hydrogen) atoms. The van der Waals surface area contributed by atoms with Gasteiger partial charge in [0.2, 0.25) is 0 Å². The molecule has 0 fully saturated rings. The first-order valence-electron chi connectivity index (χ1n) is 8.24. The normalized spacial score (nSPS) is 14.6. The summed E-state index contributed by atoms with van der Waals surface area (Å²) in [5, 5.41) is 11.4. The van der Waals surface area contributed by atoms with Crippen molar-refractivity contribution in [2.75, 3.05) is 13.2 Å². The van der Waals surface area contributed by atoms with Gasteiger partial charge < -0.3 is 9.84 Å². The minimum atomic E-state index is 0.0469. The molecule has 1 N–H and O–H groups in total. The maximum Gasteiger partial charge on any atom is 0.169 e. The van der Waals surface area contributed by atoms with E-state index in [4.69, 9.17) is 4.74 Å². The third kappa shape index (κ3) is 3.71. The summed E-state index contributed by atoms with van der Waals surface area (Å²) in [5.41, 5.74) is 3.11. The Morgan fingerprint density at radius 1 is 1.16 bits per heavy atom. The van der Waals surface area contributed by atoms with Gasteiger partial charge in [-0.1, -0.05) is 12.1 Å². The number of ether oxygens (including phenoxy) is 1. The number of rotatable bonds is 4. The second-order valence-corrected chi connectivity index (χ2v) is 7.00. The van der Waals surface area contributed by atoms with Gasteiger partial charge in [0.25, 0.3) is 0 Å². The molecular weight excluding hydrogens is 334 g/mol. The van der Waals surface area contributed by atoms with Crippen molar-refractivity contribution in [2.45, 2.75) is 19.7 Å². The zero-order chi connectivity index (χ0) is 17.1. The highest BCUT2D eigenvalue weighted by Gasteiger charge is 2.16. The van der Waals surface area contributed by atoms with E-state index in [2.05, 4.69) is 14.9 Å². The molecule has 5 nitrogen and oxygen atoms in total. The monoisotopic (exact) mass is 353 g/mol. The summed E-state index contributed by atoms with van der Waals surface area (Å²) in [6.45, 7) is 3.10. The number of hydrogen-bond donors (Lipinski definition) is 1. The average molecular weight is 353 g/mol. The fraction of sp³-hybridized carbons (Fsp3) is 0.263. The van der Waals surface area contributed by atoms with Gasteiger partial charge in [0.1, 0.15) is 12.4 Å². The van der Waals surface area contributed by atoms with Gasteiger partial charge in [-0.05, 0) is 29.1 Å². The van der Waals surface area contributed by atoms with E-state index in [-0.39, 0.29) is 6.61 Å². The standard InChI is InChI=1S/C19H19N3O2S/c23-13-14-3-4-17-16(8-14)12-22(5-6-24-17)11-15-9-20-19(21-10-15)18-2-1-7-25-18/h1-4,7-10,23H,5-6,11-13H2. The zero-order valence-electron chi connectivity index (χ0n) is 13.8. The van der Waals surface area contributed by atoms with Gasteiger partial charge >= 0.3 is 0 Å². The molecule has 0 amide bonds. The quantitative estimate of drug-likeness (QED) is 0.781. The van der Waals surface area contributed by atoms with E-state index in [1.807, 2.05) is 48.1 Å². The van der Waals surface area contributed by atoms with E-state index in [1.54, 1.807) is 11.3 Å². The highest BCUT2D eigenvalue weighted by molar-refractivity contribution is 7.13. The molecule has 1 aromatic carbocycles. The van der Waals surface area contributed by atoms with E-state index in [0.29, 0.717) is 6.61 Å². The largest absolute Gasteiger partial charge is 0.492 e. The lowest BCUT2D eigenvalue weighted by Gasteiger charge is -2.19. The summed E-state index contributed by atoms with van der Waals surface area (Å²) < 4.78 is 5.83. The molecule has 0 aliphatic carbocycles. The van der Waals surface area contributed by atoms with Gasteiger partial charge in [-0.15, -0.1) is 11.3 Å². The van der Waals surface area contributed by atoms with Crippen molar-refractivity contribution in [2.24, 2.45) is 0 Å². The molecule has 1 aliphatic rings. The van der Waals surface area contributed by atoms with Crippen LogP contribution in [-0.4, -0.2) is 33.1 Å². The second kappa shape index (κ2) is 7.31. The first kappa shape index (κ1) is 16.2. The maximum atomic E-state index is 9.34. The van der Waals surface area contributed by atoms with Gasteiger partial charge in [-0.3, -0.25) is 4.90 Å². The van der Waals surface area contributed by atoms with Crippen molar-refractivity contribution in [1.29, 1.82) is 0 Å². The Bertz CT molecular complexity index is 834. The Labute approximate surface area is 150 Å². The predicted octanol–water partition coefficient (Wildman–Crippen LogP) is 3.09. The summed E-state index contributed by atoms with van der Waals surface area (Å²) in [5.74, 6) is 1.68. The van der Waals surface area contributed by atoms with Crippen LogP contribution in [0.3, 0.4) is 0 Å². The highest BCUT2D eigenvalue weighted by atomic mass is 32.1. The van der Waals surface area contributed by atoms with Crippen molar-refractivity contribution in [3.63, 3.8) is 0 Å². The topological polar surface area (TPSA) is 58.5 Å². The number of aliphatic hydroxyl groups is 1. The Morgan fingerprint density at radius 3 is 2.80 bits per heavy atom. The fourth-order valence-electron chi connectivity index (χ4n) is 2.96. The van der Waals surface area contributed by atoms with E-state index in [1.165, 1.54) is 0 Å². The van der Waals surface area contributed by atoms with E-state index in [9.17, 15) is 5.11 Å². The van der Waals surface area contributed by atoms with Gasteiger partial charge in [0, 0.05) is 43.2 Å². The van der Waals surface area contributed by atoms with E-state index in [0.717, 1.165) is 52.8 Å². The summed E-state index contributed by atoms with van der Waals surface area (Å²) in [6.07, 6.45) is 3.80. The van der Waals surface area contributed by atoms with Crippen molar-refractivity contribution in [1.82, 2.24) is 14.9 Å². The van der Waals surface area contributed by atoms with Crippen molar-refractivity contribution < 1.29 is 9.84 Å². The highest BCUT2D eigenvalue weighted by Crippen LogP contribution is 2.25. The molecule has 0 bridgehead atoms. The van der Waals surface area contributed by atoms with Crippen LogP contribution in [0.25, 0.3) is 10.7 Å². The predicted molar refractivity (Wildman–Crippen MR) is 97.3 cm³/mol. The molecular formula is C19H19N3O2S. The van der Waals surface area contributed by atoms with E-state index < -0.39 is 0 Å². The number of aliphatic hydroxyl groups excluding tert-OH is 1. The average Bonchev–Trinajstić information content (AvgIpc) is 3.10. The van der Waals surface area contributed by atoms with Gasteiger partial charge in [-0.25, -0.2) is 9.97 Å². The van der Waals surface area contributed by atoms with Crippen molar-refractivity contribution >= 4 is 11.3 Å². The Morgan fingerprint density at radius 2 is 2.04 bits per heavy atom. The number of thiophene rings is 1. The molecule has 0 saturated heterocycles. The lowest BCUT2D eigenvalue weighted by Crippen LogP contribution is -2.25. The summed E-state index contributed by atoms with van der Waals surface area (Å²) in [6, 6.07) is 9.91. The van der Waals surface area contributed by atoms with Gasteiger partial charge in [0.15, 0.2) is 5.82 Å². The van der Waals surface area contributed by atoms with Gasteiger partial charge in [-0.2, -0.15) is 0 Å². The van der Waals surface area contributed by atoms with E-state index >= 15 is 0 Å². The minimum absolute atomic E-state index is 0.0469. The molecule has 0 atom stereocenters. The molecule has 2 aromatic heterocycles. The maximum absolute atomic E-state index is 9.34. The third-order valence-corrected chi connectivity index (χ3v) is 5.09. The summed E-state index contributed by atoms with van der Waals surface area (Å²) in [4.78, 5) is 12.4. The Kier molecular flexibility index (Phi) is 4.74. The molecule has 0 saturated carbocycles. The van der Waals surface area contributed by atoms with Crippen LogP contribution in [0.1, 0.15) is 16.7 Å². The van der Waals surface area contributed by atoms with Crippen LogP contribution in [0.2, 0.25) is 0 Å². The number of benzene rings is 1. The molecule has 3 heterocycles. The molecule has 3 aromatic rings. The molecule has 1 aliphatic heterocycles. The zero-order valence-corrected chi connectivity index (χ0v) is 14.6. The SMILES string of the molecule is OCc1ccc2c(c1)CN(Cc1cnc(-c3cccs3)nc1)CCO2. The van der Waals surface area contributed by atoms with Crippen molar-refractivity contribution in [3.05, 3.63) is 64.8 Å². The number of fused-ring (bicyclic) bond motifs is 1. The Balaban J connectivity index is 1.48. The molecule has 0 radical (unpaired) electrons. The van der Waals surface area contributed by atoms with Crippen LogP contribution in [0.4, 0.5) is 0 Å². The van der Waals surface area contributed by atoms with Crippen LogP contribution in [0.15, 0.2) is 48.1 Å². The first-order chi connectivity index (χ1) is 12.3. The minimum Gasteiger partial charge on any atom is -0.492 e. The lowest BCUT2D eigenvalue weighted by atomic mass is 10.1.